The first-order valence-corrected chi connectivity index (χ1v) is 8.43. The van der Waals surface area contributed by atoms with Crippen LogP contribution in [0.5, 0.6) is 5.75 Å². The van der Waals surface area contributed by atoms with Crippen LogP contribution in [0.15, 0.2) is 54.6 Å². The smallest absolute Gasteiger partial charge is 0.183 e. The topological polar surface area (TPSA) is 29.5 Å². The summed E-state index contributed by atoms with van der Waals surface area (Å²) in [6, 6.07) is 17.7. The summed E-state index contributed by atoms with van der Waals surface area (Å²) in [5, 5.41) is 0. The Morgan fingerprint density at radius 3 is 2.17 bits per heavy atom. The second kappa shape index (κ2) is 8.11. The Kier molecular flexibility index (Phi) is 6.16. The van der Waals surface area contributed by atoms with E-state index < -0.39 is 5.54 Å². The lowest BCUT2D eigenvalue weighted by Crippen LogP contribution is -2.53. The quantitative estimate of drug-likeness (QED) is 0.681. The average Bonchev–Trinajstić information content (AvgIpc) is 2.61. The molecule has 0 bridgehead atoms. The molecule has 128 valence electrons. The molecule has 24 heavy (non-hydrogen) atoms. The molecular weight excluding hydrogens is 298 g/mol. The molecule has 0 aliphatic heterocycles. The highest BCUT2D eigenvalue weighted by atomic mass is 16.5. The largest absolute Gasteiger partial charge is 0.497 e. The molecule has 1 unspecified atom stereocenters. The highest BCUT2D eigenvalue weighted by molar-refractivity contribution is 6.03. The number of nitrogens with zero attached hydrogens (tertiary/aromatic N) is 1. The van der Waals surface area contributed by atoms with Gasteiger partial charge in [0.2, 0.25) is 0 Å². The molecule has 0 spiro atoms. The van der Waals surface area contributed by atoms with Crippen molar-refractivity contribution in [1.82, 2.24) is 4.90 Å². The highest BCUT2D eigenvalue weighted by Crippen LogP contribution is 2.29. The Morgan fingerprint density at radius 2 is 1.67 bits per heavy atom. The van der Waals surface area contributed by atoms with Gasteiger partial charge in [0.25, 0.3) is 0 Å². The third-order valence-electron chi connectivity index (χ3n) is 4.63. The van der Waals surface area contributed by atoms with Crippen molar-refractivity contribution < 1.29 is 9.53 Å². The second-order valence-electron chi connectivity index (χ2n) is 6.40. The normalized spacial score (nSPS) is 13.5. The number of ketones is 1. The molecule has 0 saturated carbocycles. The van der Waals surface area contributed by atoms with Crippen LogP contribution in [0.4, 0.5) is 0 Å². The van der Waals surface area contributed by atoms with Crippen molar-refractivity contribution >= 4 is 5.78 Å². The number of carbonyl (C=O) groups excluding carboxylic acids is 1. The van der Waals surface area contributed by atoms with E-state index in [4.69, 9.17) is 4.74 Å². The van der Waals surface area contributed by atoms with Gasteiger partial charge in [0.15, 0.2) is 5.78 Å². The van der Waals surface area contributed by atoms with Gasteiger partial charge in [-0.2, -0.15) is 0 Å². The predicted octanol–water partition coefficient (Wildman–Crippen LogP) is 4.22. The van der Waals surface area contributed by atoms with E-state index in [0.717, 1.165) is 24.2 Å². The van der Waals surface area contributed by atoms with E-state index in [1.54, 1.807) is 7.11 Å². The van der Waals surface area contributed by atoms with Gasteiger partial charge in [-0.15, -0.1) is 0 Å². The molecule has 1 atom stereocenters. The van der Waals surface area contributed by atoms with Gasteiger partial charge in [0.05, 0.1) is 12.6 Å². The maximum absolute atomic E-state index is 13.4. The summed E-state index contributed by atoms with van der Waals surface area (Å²) in [7, 11) is 5.63. The monoisotopic (exact) mass is 325 g/mol. The Balaban J connectivity index is 2.41. The molecule has 2 aromatic rings. The van der Waals surface area contributed by atoms with Crippen LogP contribution in [0.3, 0.4) is 0 Å². The second-order valence-corrected chi connectivity index (χ2v) is 6.40. The summed E-state index contributed by atoms with van der Waals surface area (Å²) < 4.78 is 5.20. The van der Waals surface area contributed by atoms with Gasteiger partial charge in [-0.1, -0.05) is 43.7 Å². The molecule has 0 aliphatic rings. The summed E-state index contributed by atoms with van der Waals surface area (Å²) in [5.74, 6) is 0.932. The zero-order valence-corrected chi connectivity index (χ0v) is 15.1. The number of Topliss-reactive ketones (excluding diaryl/α,β-unsaturated/α-hetero) is 1. The summed E-state index contributed by atoms with van der Waals surface area (Å²) in [6.07, 6.45) is 2.48. The first-order valence-electron chi connectivity index (χ1n) is 8.43. The number of benzene rings is 2. The molecule has 2 rings (SSSR count). The van der Waals surface area contributed by atoms with E-state index in [-0.39, 0.29) is 5.78 Å². The Labute approximate surface area is 145 Å². The summed E-state index contributed by atoms with van der Waals surface area (Å²) >= 11 is 0. The Hall–Kier alpha value is -2.13. The Morgan fingerprint density at radius 1 is 1.04 bits per heavy atom. The standard InChI is InChI=1S/C21H27NO2/c1-5-15-21(22(2)3,16-17-9-7-6-8-10-17)20(23)18-11-13-19(24-4)14-12-18/h6-14H,5,15-16H2,1-4H3. The molecule has 0 N–H and O–H groups in total. The van der Waals surface area contributed by atoms with E-state index in [1.807, 2.05) is 56.6 Å². The van der Waals surface area contributed by atoms with Crippen molar-refractivity contribution in [3.63, 3.8) is 0 Å². The van der Waals surface area contributed by atoms with Gasteiger partial charge in [-0.3, -0.25) is 9.69 Å². The number of hydrogen-bond donors (Lipinski definition) is 0. The summed E-state index contributed by atoms with van der Waals surface area (Å²) in [4.78, 5) is 15.5. The molecule has 0 heterocycles. The number of carbonyl (C=O) groups is 1. The number of rotatable bonds is 8. The van der Waals surface area contributed by atoms with E-state index in [1.165, 1.54) is 5.56 Å². The maximum atomic E-state index is 13.4. The van der Waals surface area contributed by atoms with E-state index in [9.17, 15) is 4.79 Å². The highest BCUT2D eigenvalue weighted by Gasteiger charge is 2.40. The van der Waals surface area contributed by atoms with Crippen LogP contribution in [-0.2, 0) is 6.42 Å². The van der Waals surface area contributed by atoms with Gasteiger partial charge in [0.1, 0.15) is 5.75 Å². The van der Waals surface area contributed by atoms with Crippen LogP contribution >= 0.6 is 0 Å². The molecule has 3 heteroatoms. The third-order valence-corrected chi connectivity index (χ3v) is 4.63. The number of likely N-dealkylation sites (N-methyl/N-ethyl adjacent to an activating group) is 1. The molecule has 3 nitrogen and oxygen atoms in total. The van der Waals surface area contributed by atoms with Gasteiger partial charge < -0.3 is 4.74 Å². The maximum Gasteiger partial charge on any atom is 0.183 e. The SMILES string of the molecule is CCCC(Cc1ccccc1)(C(=O)c1ccc(OC)cc1)N(C)C. The van der Waals surface area contributed by atoms with Crippen molar-refractivity contribution in [2.24, 2.45) is 0 Å². The van der Waals surface area contributed by atoms with Crippen molar-refractivity contribution in [1.29, 1.82) is 0 Å². The fraction of sp³-hybridized carbons (Fsp3) is 0.381. The van der Waals surface area contributed by atoms with Crippen LogP contribution < -0.4 is 4.74 Å². The Bertz CT molecular complexity index is 649. The van der Waals surface area contributed by atoms with Crippen molar-refractivity contribution in [2.75, 3.05) is 21.2 Å². The lowest BCUT2D eigenvalue weighted by atomic mass is 9.79. The molecule has 0 fully saturated rings. The van der Waals surface area contributed by atoms with Crippen molar-refractivity contribution in [2.45, 2.75) is 31.7 Å². The van der Waals surface area contributed by atoms with Gasteiger partial charge in [-0.05, 0) is 56.8 Å². The molecule has 0 saturated heterocycles. The number of methoxy groups -OCH3 is 1. The third kappa shape index (κ3) is 3.85. The van der Waals surface area contributed by atoms with Crippen LogP contribution in [0, 0.1) is 0 Å². The van der Waals surface area contributed by atoms with Crippen molar-refractivity contribution in [3.8, 4) is 5.75 Å². The van der Waals surface area contributed by atoms with Crippen LogP contribution in [0.2, 0.25) is 0 Å². The minimum atomic E-state index is -0.537. The number of hydrogen-bond acceptors (Lipinski definition) is 3. The zero-order chi connectivity index (χ0) is 17.6. The fourth-order valence-electron chi connectivity index (χ4n) is 3.23. The molecular formula is C21H27NO2. The minimum absolute atomic E-state index is 0.167. The summed E-state index contributed by atoms with van der Waals surface area (Å²) in [6.45, 7) is 2.13. The zero-order valence-electron chi connectivity index (χ0n) is 15.1. The fourth-order valence-corrected chi connectivity index (χ4v) is 3.23. The molecule has 0 radical (unpaired) electrons. The lowest BCUT2D eigenvalue weighted by molar-refractivity contribution is 0.0651. The lowest BCUT2D eigenvalue weighted by Gasteiger charge is -2.39. The summed E-state index contributed by atoms with van der Waals surface area (Å²) in [5.41, 5.74) is 1.38. The van der Waals surface area contributed by atoms with E-state index >= 15 is 0 Å². The van der Waals surface area contributed by atoms with Crippen molar-refractivity contribution in [3.05, 3.63) is 65.7 Å². The van der Waals surface area contributed by atoms with E-state index in [2.05, 4.69) is 24.0 Å². The average molecular weight is 325 g/mol. The molecule has 2 aromatic carbocycles. The molecule has 0 amide bonds. The first kappa shape index (κ1) is 18.2. The van der Waals surface area contributed by atoms with Gasteiger partial charge in [-0.25, -0.2) is 0 Å². The van der Waals surface area contributed by atoms with Crippen LogP contribution in [0.25, 0.3) is 0 Å². The van der Waals surface area contributed by atoms with Crippen LogP contribution in [0.1, 0.15) is 35.7 Å². The number of ether oxygens (including phenoxy) is 1. The van der Waals surface area contributed by atoms with Gasteiger partial charge in [0, 0.05) is 5.56 Å². The molecule has 0 aliphatic carbocycles. The molecule has 0 aromatic heterocycles. The predicted molar refractivity (Wildman–Crippen MR) is 98.8 cm³/mol. The minimum Gasteiger partial charge on any atom is -0.497 e. The van der Waals surface area contributed by atoms with Gasteiger partial charge >= 0.3 is 0 Å². The first-order chi connectivity index (χ1) is 11.5. The van der Waals surface area contributed by atoms with Crippen LogP contribution in [-0.4, -0.2) is 37.4 Å². The van der Waals surface area contributed by atoms with E-state index in [0.29, 0.717) is 6.42 Å².